The summed E-state index contributed by atoms with van der Waals surface area (Å²) in [4.78, 5) is 0. The molecule has 0 atom stereocenters. The van der Waals surface area contributed by atoms with Crippen LogP contribution in [0, 0.1) is 0 Å². The molecule has 0 fully saturated rings. The molecule has 6 rings (SSSR count). The van der Waals surface area contributed by atoms with E-state index in [4.69, 9.17) is 14.2 Å². The standard InChI is InChI=1S/C33H26O4/c1-3-17-35-25-11-13-27-22(19-25)7-15-29-32(27)31(21-5-9-24(34)10-6-21)33-28-14-12-26(36-18-4-2)20-23(28)8-16-30(33)37-29/h3-16,19-20,31,34H,1-2,17-18H2. The van der Waals surface area contributed by atoms with Crippen molar-refractivity contribution in [2.75, 3.05) is 13.2 Å². The van der Waals surface area contributed by atoms with Gasteiger partial charge >= 0.3 is 0 Å². The van der Waals surface area contributed by atoms with E-state index >= 15 is 0 Å². The van der Waals surface area contributed by atoms with E-state index in [2.05, 4.69) is 49.6 Å². The lowest BCUT2D eigenvalue weighted by Crippen LogP contribution is -2.13. The summed E-state index contributed by atoms with van der Waals surface area (Å²) in [5, 5.41) is 14.3. The molecule has 1 N–H and O–H groups in total. The summed E-state index contributed by atoms with van der Waals surface area (Å²) < 4.78 is 18.1. The summed E-state index contributed by atoms with van der Waals surface area (Å²) in [6.07, 6.45) is 3.48. The van der Waals surface area contributed by atoms with Gasteiger partial charge in [-0.15, -0.1) is 0 Å². The van der Waals surface area contributed by atoms with Crippen LogP contribution in [0.5, 0.6) is 28.7 Å². The summed E-state index contributed by atoms with van der Waals surface area (Å²) in [5.74, 6) is 3.37. The molecule has 4 nitrogen and oxygen atoms in total. The highest BCUT2D eigenvalue weighted by Gasteiger charge is 2.32. The summed E-state index contributed by atoms with van der Waals surface area (Å²) >= 11 is 0. The SMILES string of the molecule is C=CCOc1ccc2c3c(ccc2c1)Oc1ccc2cc(OCC=C)ccc2c1C3c1ccc(O)cc1. The number of hydrogen-bond donors (Lipinski definition) is 1. The van der Waals surface area contributed by atoms with Crippen molar-refractivity contribution in [3.05, 3.63) is 127 Å². The Balaban J connectivity index is 1.59. The molecule has 5 aromatic rings. The molecule has 0 bridgehead atoms. The maximum atomic E-state index is 10.0. The number of phenols is 1. The first-order valence-electron chi connectivity index (χ1n) is 12.2. The second-order valence-electron chi connectivity index (χ2n) is 9.05. The third kappa shape index (κ3) is 4.07. The van der Waals surface area contributed by atoms with Crippen molar-refractivity contribution in [1.82, 2.24) is 0 Å². The molecule has 1 aliphatic heterocycles. The average molecular weight is 487 g/mol. The van der Waals surface area contributed by atoms with Crippen LogP contribution in [-0.2, 0) is 0 Å². The van der Waals surface area contributed by atoms with Crippen LogP contribution in [0.3, 0.4) is 0 Å². The number of rotatable bonds is 7. The van der Waals surface area contributed by atoms with Crippen molar-refractivity contribution in [1.29, 1.82) is 0 Å². The zero-order valence-corrected chi connectivity index (χ0v) is 20.3. The Morgan fingerprint density at radius 1 is 0.676 bits per heavy atom. The molecule has 4 heteroatoms. The van der Waals surface area contributed by atoms with E-state index < -0.39 is 0 Å². The molecule has 0 saturated carbocycles. The minimum absolute atomic E-state index is 0.105. The lowest BCUT2D eigenvalue weighted by atomic mass is 9.78. The zero-order valence-electron chi connectivity index (χ0n) is 20.3. The van der Waals surface area contributed by atoms with Gasteiger partial charge in [-0.3, -0.25) is 0 Å². The van der Waals surface area contributed by atoms with Gasteiger partial charge in [0.25, 0.3) is 0 Å². The van der Waals surface area contributed by atoms with Crippen LogP contribution in [0.1, 0.15) is 22.6 Å². The molecular formula is C33H26O4. The fourth-order valence-electron chi connectivity index (χ4n) is 5.15. The monoisotopic (exact) mass is 486 g/mol. The molecule has 37 heavy (non-hydrogen) atoms. The van der Waals surface area contributed by atoms with Crippen LogP contribution in [0.25, 0.3) is 21.5 Å². The van der Waals surface area contributed by atoms with Gasteiger partial charge in [-0.05, 0) is 75.6 Å². The number of hydrogen-bond acceptors (Lipinski definition) is 4. The van der Waals surface area contributed by atoms with Gasteiger partial charge in [-0.1, -0.05) is 61.7 Å². The van der Waals surface area contributed by atoms with Gasteiger partial charge in [0.05, 0.1) is 0 Å². The van der Waals surface area contributed by atoms with Gasteiger partial charge in [-0.25, -0.2) is 0 Å². The molecule has 5 aromatic carbocycles. The van der Waals surface area contributed by atoms with Gasteiger partial charge in [0.15, 0.2) is 0 Å². The predicted octanol–water partition coefficient (Wildman–Crippen LogP) is 8.11. The molecule has 1 heterocycles. The topological polar surface area (TPSA) is 47.9 Å². The van der Waals surface area contributed by atoms with E-state index in [0.29, 0.717) is 13.2 Å². The minimum Gasteiger partial charge on any atom is -0.508 e. The lowest BCUT2D eigenvalue weighted by Gasteiger charge is -2.31. The number of benzene rings is 5. The normalized spacial score (nSPS) is 12.4. The Hall–Kier alpha value is -4.70. The maximum Gasteiger partial charge on any atom is 0.132 e. The highest BCUT2D eigenvalue weighted by molar-refractivity contribution is 5.96. The highest BCUT2D eigenvalue weighted by Crippen LogP contribution is 2.52. The Bertz CT molecular complexity index is 1550. The summed E-state index contributed by atoms with van der Waals surface area (Å²) in [5.41, 5.74) is 3.25. The smallest absolute Gasteiger partial charge is 0.132 e. The van der Waals surface area contributed by atoms with Crippen molar-refractivity contribution in [2.24, 2.45) is 0 Å². The fraction of sp³-hybridized carbons (Fsp3) is 0.0909. The molecule has 0 amide bonds. The number of ether oxygens (including phenoxy) is 3. The van der Waals surface area contributed by atoms with Gasteiger partial charge in [0.1, 0.15) is 42.0 Å². The zero-order chi connectivity index (χ0) is 25.4. The van der Waals surface area contributed by atoms with Gasteiger partial charge < -0.3 is 19.3 Å². The minimum atomic E-state index is -0.105. The summed E-state index contributed by atoms with van der Waals surface area (Å²) in [6.45, 7) is 8.38. The predicted molar refractivity (Wildman–Crippen MR) is 148 cm³/mol. The number of fused-ring (bicyclic) bond motifs is 6. The Kier molecular flexibility index (Phi) is 5.78. The van der Waals surface area contributed by atoms with Crippen LogP contribution >= 0.6 is 0 Å². The van der Waals surface area contributed by atoms with Crippen LogP contribution in [-0.4, -0.2) is 18.3 Å². The van der Waals surface area contributed by atoms with Crippen LogP contribution < -0.4 is 14.2 Å². The number of aromatic hydroxyl groups is 1. The molecule has 1 aliphatic rings. The third-order valence-corrected chi connectivity index (χ3v) is 6.75. The Labute approximate surface area is 215 Å². The Morgan fingerprint density at radius 2 is 1.19 bits per heavy atom. The lowest BCUT2D eigenvalue weighted by molar-refractivity contribution is 0.363. The van der Waals surface area contributed by atoms with Crippen molar-refractivity contribution in [2.45, 2.75) is 5.92 Å². The first-order valence-corrected chi connectivity index (χ1v) is 12.2. The molecule has 0 radical (unpaired) electrons. The van der Waals surface area contributed by atoms with E-state index in [0.717, 1.165) is 61.2 Å². The van der Waals surface area contributed by atoms with Crippen LogP contribution in [0.15, 0.2) is 110 Å². The van der Waals surface area contributed by atoms with E-state index in [1.54, 1.807) is 24.3 Å². The van der Waals surface area contributed by atoms with E-state index in [1.165, 1.54) is 0 Å². The highest BCUT2D eigenvalue weighted by atomic mass is 16.5. The van der Waals surface area contributed by atoms with Crippen molar-refractivity contribution in [3.8, 4) is 28.7 Å². The first kappa shape index (κ1) is 22.7. The largest absolute Gasteiger partial charge is 0.508 e. The maximum absolute atomic E-state index is 10.0. The third-order valence-electron chi connectivity index (χ3n) is 6.75. The van der Waals surface area contributed by atoms with Gasteiger partial charge in [0.2, 0.25) is 0 Å². The second kappa shape index (κ2) is 9.40. The molecule has 0 aliphatic carbocycles. The van der Waals surface area contributed by atoms with Gasteiger partial charge in [-0.2, -0.15) is 0 Å². The molecule has 0 spiro atoms. The molecule has 0 aromatic heterocycles. The van der Waals surface area contributed by atoms with Gasteiger partial charge in [0, 0.05) is 17.0 Å². The Morgan fingerprint density at radius 3 is 1.68 bits per heavy atom. The van der Waals surface area contributed by atoms with Crippen LogP contribution in [0.2, 0.25) is 0 Å². The molecule has 0 unspecified atom stereocenters. The van der Waals surface area contributed by atoms with Crippen molar-refractivity contribution >= 4 is 21.5 Å². The summed E-state index contributed by atoms with van der Waals surface area (Å²) in [7, 11) is 0. The first-order chi connectivity index (χ1) is 18.2. The average Bonchev–Trinajstić information content (AvgIpc) is 2.93. The van der Waals surface area contributed by atoms with E-state index in [1.807, 2.05) is 36.4 Å². The fourth-order valence-corrected chi connectivity index (χ4v) is 5.15. The second-order valence-corrected chi connectivity index (χ2v) is 9.05. The van der Waals surface area contributed by atoms with Crippen molar-refractivity contribution in [3.63, 3.8) is 0 Å². The summed E-state index contributed by atoms with van der Waals surface area (Å²) in [6, 6.07) is 27.9. The molecule has 0 saturated heterocycles. The number of phenolic OH excluding ortho intramolecular Hbond substituents is 1. The van der Waals surface area contributed by atoms with Crippen molar-refractivity contribution < 1.29 is 19.3 Å². The van der Waals surface area contributed by atoms with E-state index in [9.17, 15) is 5.11 Å². The molecular weight excluding hydrogens is 460 g/mol. The van der Waals surface area contributed by atoms with Crippen LogP contribution in [0.4, 0.5) is 0 Å². The quantitative estimate of drug-likeness (QED) is 0.232. The molecule has 182 valence electrons. The van der Waals surface area contributed by atoms with E-state index in [-0.39, 0.29) is 11.7 Å².